The van der Waals surface area contributed by atoms with Crippen molar-refractivity contribution in [3.05, 3.63) is 58.7 Å². The molecule has 0 N–H and O–H groups in total. The van der Waals surface area contributed by atoms with Crippen LogP contribution in [0.4, 0.5) is 0 Å². The van der Waals surface area contributed by atoms with Crippen molar-refractivity contribution >= 4 is 12.2 Å². The van der Waals surface area contributed by atoms with Crippen molar-refractivity contribution in [1.82, 2.24) is 4.90 Å². The van der Waals surface area contributed by atoms with Crippen LogP contribution in [0.3, 0.4) is 0 Å². The third-order valence-corrected chi connectivity index (χ3v) is 3.45. The van der Waals surface area contributed by atoms with E-state index in [1.165, 1.54) is 0 Å². The first kappa shape index (κ1) is 14.8. The predicted octanol–water partition coefficient (Wildman–Crippen LogP) is 2.85. The maximum Gasteiger partial charge on any atom is 0.254 e. The molecule has 3 nitrogen and oxygen atoms in total. The highest BCUT2D eigenvalue weighted by Crippen LogP contribution is 2.18. The third kappa shape index (κ3) is 3.49. The number of aldehydes is 1. The number of carbonyl (C=O) groups is 2. The monoisotopic (exact) mass is 279 g/mol. The van der Waals surface area contributed by atoms with Gasteiger partial charge in [0.15, 0.2) is 6.29 Å². The molecule has 0 aromatic heterocycles. The Morgan fingerprint density at radius 3 is 2.90 bits per heavy atom. The van der Waals surface area contributed by atoms with Gasteiger partial charge in [0.05, 0.1) is 5.56 Å². The summed E-state index contributed by atoms with van der Waals surface area (Å²) in [5.41, 5.74) is 2.83. The second-order valence-corrected chi connectivity index (χ2v) is 5.00. The van der Waals surface area contributed by atoms with Crippen LogP contribution in [0.25, 0.3) is 0 Å². The molecule has 0 fully saturated rings. The van der Waals surface area contributed by atoms with Crippen molar-refractivity contribution in [2.45, 2.75) is 12.8 Å². The molecule has 0 bridgehead atoms. The van der Waals surface area contributed by atoms with Gasteiger partial charge >= 0.3 is 0 Å². The Labute approximate surface area is 125 Å². The van der Waals surface area contributed by atoms with Crippen LogP contribution in [0.15, 0.2) is 47.6 Å². The molecule has 1 aliphatic rings. The quantitative estimate of drug-likeness (QED) is 0.628. The van der Waals surface area contributed by atoms with E-state index in [1.807, 2.05) is 6.08 Å². The Balaban J connectivity index is 2.14. The molecule has 0 aliphatic heterocycles. The first-order valence-corrected chi connectivity index (χ1v) is 6.81. The van der Waals surface area contributed by atoms with E-state index < -0.39 is 0 Å². The minimum absolute atomic E-state index is 0.167. The summed E-state index contributed by atoms with van der Waals surface area (Å²) in [7, 11) is 1.72. The van der Waals surface area contributed by atoms with Gasteiger partial charge in [-0.2, -0.15) is 0 Å². The molecule has 1 aromatic rings. The molecule has 0 radical (unpaired) electrons. The summed E-state index contributed by atoms with van der Waals surface area (Å²) in [6.45, 7) is 0.483. The lowest BCUT2D eigenvalue weighted by Crippen LogP contribution is -2.29. The molecule has 0 heterocycles. The molecule has 0 saturated heterocycles. The second kappa shape index (κ2) is 6.71. The number of amides is 1. The number of likely N-dealkylation sites (N-methyl/N-ethyl adjacent to an activating group) is 1. The third-order valence-electron chi connectivity index (χ3n) is 3.45. The van der Waals surface area contributed by atoms with E-state index >= 15 is 0 Å². The molecule has 1 amide bonds. The number of hydrogen-bond acceptors (Lipinski definition) is 2. The number of allylic oxidation sites excluding steroid dienone is 2. The molecule has 106 valence electrons. The molecule has 0 spiro atoms. The minimum atomic E-state index is -0.167. The van der Waals surface area contributed by atoms with Gasteiger partial charge in [0.25, 0.3) is 5.91 Å². The average Bonchev–Trinajstić information content (AvgIpc) is 2.54. The Morgan fingerprint density at radius 2 is 2.19 bits per heavy atom. The van der Waals surface area contributed by atoms with E-state index in [0.29, 0.717) is 24.0 Å². The number of nitrogens with zero attached hydrogens (tertiary/aromatic N) is 1. The zero-order valence-electron chi connectivity index (χ0n) is 12.0. The van der Waals surface area contributed by atoms with Gasteiger partial charge in [-0.3, -0.25) is 9.59 Å². The maximum absolute atomic E-state index is 12.4. The Hall–Kier alpha value is -2.60. The van der Waals surface area contributed by atoms with E-state index in [0.717, 1.165) is 24.0 Å². The molecule has 0 saturated carbocycles. The number of benzene rings is 1. The first-order valence-electron chi connectivity index (χ1n) is 6.81. The topological polar surface area (TPSA) is 37.4 Å². The lowest BCUT2D eigenvalue weighted by Gasteiger charge is -2.20. The van der Waals surface area contributed by atoms with Crippen LogP contribution in [0, 0.1) is 12.3 Å². The van der Waals surface area contributed by atoms with Gasteiger partial charge in [-0.05, 0) is 30.6 Å². The van der Waals surface area contributed by atoms with Crippen molar-refractivity contribution < 1.29 is 9.59 Å². The molecular formula is C18H17NO2. The largest absolute Gasteiger partial charge is 0.337 e. The Kier molecular flexibility index (Phi) is 4.73. The minimum Gasteiger partial charge on any atom is -0.337 e. The van der Waals surface area contributed by atoms with Gasteiger partial charge in [0, 0.05) is 24.7 Å². The fourth-order valence-electron chi connectivity index (χ4n) is 2.34. The van der Waals surface area contributed by atoms with Crippen molar-refractivity contribution in [2.24, 2.45) is 0 Å². The maximum atomic E-state index is 12.4. The van der Waals surface area contributed by atoms with Crippen molar-refractivity contribution in [2.75, 3.05) is 13.6 Å². The standard InChI is InChI=1S/C18H17NO2/c1-3-14-7-6-8-15(11-14)12-19(2)18(21)17-10-5-4-9-16(17)13-20/h1,4-5,8-11,13H,6-7,12H2,2H3. The summed E-state index contributed by atoms with van der Waals surface area (Å²) < 4.78 is 0. The van der Waals surface area contributed by atoms with Crippen LogP contribution in [-0.4, -0.2) is 30.7 Å². The zero-order valence-corrected chi connectivity index (χ0v) is 12.0. The predicted molar refractivity (Wildman–Crippen MR) is 83.0 cm³/mol. The summed E-state index contributed by atoms with van der Waals surface area (Å²) in [5.74, 6) is 2.49. The van der Waals surface area contributed by atoms with Gasteiger partial charge in [0.2, 0.25) is 0 Å². The summed E-state index contributed by atoms with van der Waals surface area (Å²) >= 11 is 0. The highest BCUT2D eigenvalue weighted by molar-refractivity contribution is 6.01. The lowest BCUT2D eigenvalue weighted by molar-refractivity contribution is 0.0804. The fourth-order valence-corrected chi connectivity index (χ4v) is 2.34. The van der Waals surface area contributed by atoms with E-state index in [-0.39, 0.29) is 5.91 Å². The first-order chi connectivity index (χ1) is 10.2. The second-order valence-electron chi connectivity index (χ2n) is 5.00. The molecule has 2 rings (SSSR count). The number of terminal acetylenes is 1. The summed E-state index contributed by atoms with van der Waals surface area (Å²) in [6.07, 6.45) is 12.0. The van der Waals surface area contributed by atoms with Gasteiger partial charge in [-0.25, -0.2) is 0 Å². The molecule has 3 heteroatoms. The normalized spacial score (nSPS) is 13.7. The lowest BCUT2D eigenvalue weighted by atomic mass is 9.99. The number of hydrogen-bond donors (Lipinski definition) is 0. The van der Waals surface area contributed by atoms with Crippen molar-refractivity contribution in [3.8, 4) is 12.3 Å². The molecule has 21 heavy (non-hydrogen) atoms. The number of rotatable bonds is 4. The highest BCUT2D eigenvalue weighted by Gasteiger charge is 2.16. The Bertz CT molecular complexity index is 662. The highest BCUT2D eigenvalue weighted by atomic mass is 16.2. The average molecular weight is 279 g/mol. The van der Waals surface area contributed by atoms with Gasteiger partial charge in [0.1, 0.15) is 0 Å². The van der Waals surface area contributed by atoms with Crippen LogP contribution in [0.2, 0.25) is 0 Å². The van der Waals surface area contributed by atoms with Gasteiger partial charge < -0.3 is 4.90 Å². The molecule has 1 aromatic carbocycles. The Morgan fingerprint density at radius 1 is 1.43 bits per heavy atom. The zero-order chi connectivity index (χ0) is 15.2. The van der Waals surface area contributed by atoms with Crippen LogP contribution in [0.1, 0.15) is 33.6 Å². The molecule has 0 atom stereocenters. The molecule has 1 aliphatic carbocycles. The van der Waals surface area contributed by atoms with Crippen molar-refractivity contribution in [3.63, 3.8) is 0 Å². The van der Waals surface area contributed by atoms with E-state index in [2.05, 4.69) is 12.0 Å². The number of carbonyl (C=O) groups excluding carboxylic acids is 2. The van der Waals surface area contributed by atoms with Gasteiger partial charge in [-0.1, -0.05) is 30.2 Å². The molecule has 0 unspecified atom stereocenters. The van der Waals surface area contributed by atoms with Crippen LogP contribution >= 0.6 is 0 Å². The van der Waals surface area contributed by atoms with E-state index in [1.54, 1.807) is 36.2 Å². The SMILES string of the molecule is C#CC1=CC(CN(C)C(=O)c2ccccc2C=O)=CCC1. The van der Waals surface area contributed by atoms with E-state index in [4.69, 9.17) is 6.42 Å². The van der Waals surface area contributed by atoms with Crippen LogP contribution in [0.5, 0.6) is 0 Å². The smallest absolute Gasteiger partial charge is 0.254 e. The summed E-state index contributed by atoms with van der Waals surface area (Å²) in [6, 6.07) is 6.81. The summed E-state index contributed by atoms with van der Waals surface area (Å²) in [5, 5.41) is 0. The fraction of sp³-hybridized carbons (Fsp3) is 0.222. The summed E-state index contributed by atoms with van der Waals surface area (Å²) in [4.78, 5) is 25.0. The van der Waals surface area contributed by atoms with Crippen LogP contribution < -0.4 is 0 Å². The molecular weight excluding hydrogens is 262 g/mol. The van der Waals surface area contributed by atoms with E-state index in [9.17, 15) is 9.59 Å². The van der Waals surface area contributed by atoms with Gasteiger partial charge in [-0.15, -0.1) is 6.42 Å². The van der Waals surface area contributed by atoms with Crippen molar-refractivity contribution in [1.29, 1.82) is 0 Å². The van der Waals surface area contributed by atoms with Crippen LogP contribution in [-0.2, 0) is 0 Å².